The standard InChI is InChI=1S/C12H19N3/c1-4-8-15(5-2)12-9-11(10(3)13)6-7-14-12/h6-7,9H,3-5,8,13H2,1-2H3. The van der Waals surface area contributed by atoms with Crippen LogP contribution in [-0.2, 0) is 0 Å². The van der Waals surface area contributed by atoms with Crippen LogP contribution in [-0.4, -0.2) is 18.1 Å². The zero-order valence-corrected chi connectivity index (χ0v) is 9.53. The van der Waals surface area contributed by atoms with E-state index in [0.29, 0.717) is 5.70 Å². The van der Waals surface area contributed by atoms with E-state index < -0.39 is 0 Å². The molecule has 0 fully saturated rings. The second kappa shape index (κ2) is 5.39. The Hall–Kier alpha value is -1.51. The third kappa shape index (κ3) is 2.98. The van der Waals surface area contributed by atoms with Gasteiger partial charge in [0.05, 0.1) is 0 Å². The highest BCUT2D eigenvalue weighted by Gasteiger charge is 2.05. The molecule has 0 atom stereocenters. The van der Waals surface area contributed by atoms with Crippen molar-refractivity contribution in [1.29, 1.82) is 0 Å². The van der Waals surface area contributed by atoms with Crippen LogP contribution in [0, 0.1) is 0 Å². The first-order chi connectivity index (χ1) is 7.19. The Labute approximate surface area is 91.6 Å². The van der Waals surface area contributed by atoms with Crippen molar-refractivity contribution in [2.24, 2.45) is 5.73 Å². The molecule has 1 rings (SSSR count). The third-order valence-corrected chi connectivity index (χ3v) is 2.32. The number of pyridine rings is 1. The number of hydrogen-bond donors (Lipinski definition) is 1. The lowest BCUT2D eigenvalue weighted by atomic mass is 10.2. The molecule has 0 radical (unpaired) electrons. The lowest BCUT2D eigenvalue weighted by Gasteiger charge is -2.21. The van der Waals surface area contributed by atoms with Gasteiger partial charge in [-0.25, -0.2) is 4.98 Å². The zero-order valence-electron chi connectivity index (χ0n) is 9.53. The Bertz CT molecular complexity index is 333. The fourth-order valence-electron chi connectivity index (χ4n) is 1.50. The Morgan fingerprint density at radius 1 is 1.53 bits per heavy atom. The molecule has 0 aliphatic carbocycles. The highest BCUT2D eigenvalue weighted by molar-refractivity contribution is 5.63. The number of hydrogen-bond acceptors (Lipinski definition) is 3. The molecular formula is C12H19N3. The van der Waals surface area contributed by atoms with Crippen molar-refractivity contribution >= 4 is 11.5 Å². The van der Waals surface area contributed by atoms with Gasteiger partial charge in [-0.2, -0.15) is 0 Å². The summed E-state index contributed by atoms with van der Waals surface area (Å²) >= 11 is 0. The van der Waals surface area contributed by atoms with Crippen molar-refractivity contribution < 1.29 is 0 Å². The van der Waals surface area contributed by atoms with E-state index in [-0.39, 0.29) is 0 Å². The fourth-order valence-corrected chi connectivity index (χ4v) is 1.50. The summed E-state index contributed by atoms with van der Waals surface area (Å²) in [4.78, 5) is 6.57. The molecule has 0 aliphatic rings. The largest absolute Gasteiger partial charge is 0.399 e. The van der Waals surface area contributed by atoms with Crippen LogP contribution >= 0.6 is 0 Å². The van der Waals surface area contributed by atoms with Gasteiger partial charge in [0.15, 0.2) is 0 Å². The van der Waals surface area contributed by atoms with Gasteiger partial charge in [0, 0.05) is 30.5 Å². The second-order valence-electron chi connectivity index (χ2n) is 3.51. The molecule has 2 N–H and O–H groups in total. The first kappa shape index (κ1) is 11.6. The summed E-state index contributed by atoms with van der Waals surface area (Å²) in [6.45, 7) is 9.99. The monoisotopic (exact) mass is 205 g/mol. The quantitative estimate of drug-likeness (QED) is 0.801. The summed E-state index contributed by atoms with van der Waals surface area (Å²) in [7, 11) is 0. The maximum absolute atomic E-state index is 5.66. The first-order valence-electron chi connectivity index (χ1n) is 5.34. The number of rotatable bonds is 5. The average Bonchev–Trinajstić information content (AvgIpc) is 2.26. The smallest absolute Gasteiger partial charge is 0.129 e. The van der Waals surface area contributed by atoms with E-state index in [1.165, 1.54) is 0 Å². The van der Waals surface area contributed by atoms with Gasteiger partial charge in [0.1, 0.15) is 5.82 Å². The molecule has 0 saturated heterocycles. The van der Waals surface area contributed by atoms with Crippen molar-refractivity contribution in [3.8, 4) is 0 Å². The minimum absolute atomic E-state index is 0.589. The summed E-state index contributed by atoms with van der Waals surface area (Å²) in [5.74, 6) is 0.975. The van der Waals surface area contributed by atoms with E-state index >= 15 is 0 Å². The van der Waals surface area contributed by atoms with Crippen LogP contribution in [0.15, 0.2) is 24.9 Å². The molecule has 0 aromatic carbocycles. The predicted octanol–water partition coefficient (Wildman–Crippen LogP) is 2.25. The molecule has 0 unspecified atom stereocenters. The molecule has 3 heteroatoms. The molecule has 1 aromatic rings. The van der Waals surface area contributed by atoms with Gasteiger partial charge < -0.3 is 10.6 Å². The predicted molar refractivity (Wildman–Crippen MR) is 65.6 cm³/mol. The zero-order chi connectivity index (χ0) is 11.3. The van der Waals surface area contributed by atoms with Crippen LogP contribution in [0.3, 0.4) is 0 Å². The van der Waals surface area contributed by atoms with Crippen molar-refractivity contribution in [2.45, 2.75) is 20.3 Å². The van der Waals surface area contributed by atoms with Crippen LogP contribution < -0.4 is 10.6 Å². The maximum atomic E-state index is 5.66. The van der Waals surface area contributed by atoms with Crippen molar-refractivity contribution in [1.82, 2.24) is 4.98 Å². The van der Waals surface area contributed by atoms with E-state index in [0.717, 1.165) is 30.9 Å². The van der Waals surface area contributed by atoms with E-state index in [9.17, 15) is 0 Å². The molecule has 0 bridgehead atoms. The average molecular weight is 205 g/mol. The highest BCUT2D eigenvalue weighted by Crippen LogP contribution is 2.15. The minimum Gasteiger partial charge on any atom is -0.399 e. The first-order valence-corrected chi connectivity index (χ1v) is 5.34. The van der Waals surface area contributed by atoms with Gasteiger partial charge in [-0.15, -0.1) is 0 Å². The summed E-state index contributed by atoms with van der Waals surface area (Å²) < 4.78 is 0. The van der Waals surface area contributed by atoms with E-state index in [4.69, 9.17) is 5.73 Å². The van der Waals surface area contributed by atoms with Gasteiger partial charge in [0.2, 0.25) is 0 Å². The summed E-state index contributed by atoms with van der Waals surface area (Å²) in [6.07, 6.45) is 2.89. The van der Waals surface area contributed by atoms with Crippen LogP contribution in [0.2, 0.25) is 0 Å². The van der Waals surface area contributed by atoms with Gasteiger partial charge in [-0.05, 0) is 25.5 Å². The molecule has 0 spiro atoms. The normalized spacial score (nSPS) is 10.0. The SMILES string of the molecule is C=C(N)c1ccnc(N(CC)CCC)c1. The lowest BCUT2D eigenvalue weighted by Crippen LogP contribution is -2.24. The third-order valence-electron chi connectivity index (χ3n) is 2.32. The number of nitrogens with zero attached hydrogens (tertiary/aromatic N) is 2. The fraction of sp³-hybridized carbons (Fsp3) is 0.417. The Balaban J connectivity index is 2.92. The second-order valence-corrected chi connectivity index (χ2v) is 3.51. The summed E-state index contributed by atoms with van der Waals surface area (Å²) in [6, 6.07) is 3.87. The molecule has 15 heavy (non-hydrogen) atoms. The van der Waals surface area contributed by atoms with Gasteiger partial charge in [0.25, 0.3) is 0 Å². The minimum atomic E-state index is 0.589. The van der Waals surface area contributed by atoms with Crippen molar-refractivity contribution in [2.75, 3.05) is 18.0 Å². The van der Waals surface area contributed by atoms with Crippen molar-refractivity contribution in [3.05, 3.63) is 30.5 Å². The van der Waals surface area contributed by atoms with Crippen LogP contribution in [0.4, 0.5) is 5.82 Å². The van der Waals surface area contributed by atoms with Gasteiger partial charge in [-0.3, -0.25) is 0 Å². The van der Waals surface area contributed by atoms with Gasteiger partial charge >= 0.3 is 0 Å². The van der Waals surface area contributed by atoms with Crippen molar-refractivity contribution in [3.63, 3.8) is 0 Å². The van der Waals surface area contributed by atoms with E-state index in [2.05, 4.69) is 30.3 Å². The molecule has 0 aliphatic heterocycles. The molecule has 0 amide bonds. The number of nitrogens with two attached hydrogens (primary N) is 1. The Morgan fingerprint density at radius 2 is 2.27 bits per heavy atom. The van der Waals surface area contributed by atoms with Gasteiger partial charge in [-0.1, -0.05) is 13.5 Å². The summed E-state index contributed by atoms with van der Waals surface area (Å²) in [5.41, 5.74) is 7.20. The molecule has 0 saturated carbocycles. The summed E-state index contributed by atoms with van der Waals surface area (Å²) in [5, 5.41) is 0. The molecule has 1 heterocycles. The van der Waals surface area contributed by atoms with Crippen LogP contribution in [0.5, 0.6) is 0 Å². The van der Waals surface area contributed by atoms with E-state index in [1.807, 2.05) is 12.1 Å². The molecule has 3 nitrogen and oxygen atoms in total. The lowest BCUT2D eigenvalue weighted by molar-refractivity contribution is 0.778. The number of anilines is 1. The highest BCUT2D eigenvalue weighted by atomic mass is 15.2. The Kier molecular flexibility index (Phi) is 4.16. The van der Waals surface area contributed by atoms with Crippen LogP contribution in [0.1, 0.15) is 25.8 Å². The van der Waals surface area contributed by atoms with Crippen LogP contribution in [0.25, 0.3) is 5.70 Å². The Morgan fingerprint density at radius 3 is 2.80 bits per heavy atom. The number of aromatic nitrogens is 1. The molecular weight excluding hydrogens is 186 g/mol. The maximum Gasteiger partial charge on any atom is 0.129 e. The topological polar surface area (TPSA) is 42.1 Å². The molecule has 1 aromatic heterocycles. The molecule has 82 valence electrons. The van der Waals surface area contributed by atoms with E-state index in [1.54, 1.807) is 6.20 Å².